The van der Waals surface area contributed by atoms with Crippen molar-refractivity contribution in [2.24, 2.45) is 7.05 Å². The summed E-state index contributed by atoms with van der Waals surface area (Å²) in [4.78, 5) is 11.0. The number of fused-ring (bicyclic) bond motifs is 1. The van der Waals surface area contributed by atoms with E-state index >= 15 is 0 Å². The quantitative estimate of drug-likeness (QED) is 0.886. The first-order chi connectivity index (χ1) is 9.15. The van der Waals surface area contributed by atoms with Crippen molar-refractivity contribution in [3.8, 4) is 0 Å². The standard InChI is InChI=1S/C15H18N2O2/c1-17-13(9-16-12-3-2-4-12)7-10-5-6-11(15(18)19)8-14(10)17/h5-8,12,16H,2-4,9H2,1H3,(H,18,19). The summed E-state index contributed by atoms with van der Waals surface area (Å²) >= 11 is 0. The van der Waals surface area contributed by atoms with Gasteiger partial charge in [0, 0.05) is 30.8 Å². The smallest absolute Gasteiger partial charge is 0.335 e. The number of aryl methyl sites for hydroxylation is 1. The molecule has 100 valence electrons. The van der Waals surface area contributed by atoms with E-state index < -0.39 is 5.97 Å². The van der Waals surface area contributed by atoms with Gasteiger partial charge in [-0.15, -0.1) is 0 Å². The van der Waals surface area contributed by atoms with Gasteiger partial charge < -0.3 is 15.0 Å². The molecule has 0 unspecified atom stereocenters. The molecule has 0 aliphatic heterocycles. The van der Waals surface area contributed by atoms with Gasteiger partial charge in [-0.3, -0.25) is 0 Å². The van der Waals surface area contributed by atoms with E-state index in [-0.39, 0.29) is 0 Å². The molecule has 1 aliphatic rings. The second-order valence-corrected chi connectivity index (χ2v) is 5.28. The minimum atomic E-state index is -0.878. The zero-order valence-electron chi connectivity index (χ0n) is 11.0. The van der Waals surface area contributed by atoms with Crippen LogP contribution in [-0.2, 0) is 13.6 Å². The van der Waals surface area contributed by atoms with Gasteiger partial charge in [-0.05, 0) is 36.4 Å². The Morgan fingerprint density at radius 3 is 2.84 bits per heavy atom. The lowest BCUT2D eigenvalue weighted by Crippen LogP contribution is -2.34. The zero-order valence-corrected chi connectivity index (χ0v) is 11.0. The van der Waals surface area contributed by atoms with Gasteiger partial charge in [0.25, 0.3) is 0 Å². The van der Waals surface area contributed by atoms with Crippen molar-refractivity contribution >= 4 is 16.9 Å². The van der Waals surface area contributed by atoms with Crippen molar-refractivity contribution in [3.05, 3.63) is 35.5 Å². The summed E-state index contributed by atoms with van der Waals surface area (Å²) in [7, 11) is 1.99. The van der Waals surface area contributed by atoms with Crippen LogP contribution in [0.25, 0.3) is 10.9 Å². The number of carbonyl (C=O) groups is 1. The van der Waals surface area contributed by atoms with E-state index in [0.717, 1.165) is 17.4 Å². The van der Waals surface area contributed by atoms with Gasteiger partial charge >= 0.3 is 5.97 Å². The highest BCUT2D eigenvalue weighted by atomic mass is 16.4. The average molecular weight is 258 g/mol. The number of aromatic carboxylic acids is 1. The lowest BCUT2D eigenvalue weighted by Gasteiger charge is -2.26. The first-order valence-electron chi connectivity index (χ1n) is 6.70. The monoisotopic (exact) mass is 258 g/mol. The second-order valence-electron chi connectivity index (χ2n) is 5.28. The van der Waals surface area contributed by atoms with E-state index in [4.69, 9.17) is 5.11 Å². The first-order valence-corrected chi connectivity index (χ1v) is 6.70. The Hall–Kier alpha value is -1.81. The van der Waals surface area contributed by atoms with Crippen LogP contribution in [0.4, 0.5) is 0 Å². The Bertz CT molecular complexity index is 626. The minimum absolute atomic E-state index is 0.340. The van der Waals surface area contributed by atoms with Crippen LogP contribution in [0.5, 0.6) is 0 Å². The molecule has 4 heteroatoms. The van der Waals surface area contributed by atoms with Gasteiger partial charge in [-0.2, -0.15) is 0 Å². The zero-order chi connectivity index (χ0) is 13.4. The van der Waals surface area contributed by atoms with E-state index in [1.165, 1.54) is 25.0 Å². The summed E-state index contributed by atoms with van der Waals surface area (Å²) in [5.41, 5.74) is 2.52. The van der Waals surface area contributed by atoms with E-state index in [0.29, 0.717) is 11.6 Å². The van der Waals surface area contributed by atoms with Crippen LogP contribution in [0.1, 0.15) is 35.3 Å². The Kier molecular flexibility index (Phi) is 3.03. The van der Waals surface area contributed by atoms with Crippen LogP contribution in [0, 0.1) is 0 Å². The molecule has 1 saturated carbocycles. The molecule has 1 aromatic heterocycles. The molecule has 4 nitrogen and oxygen atoms in total. The highest BCUT2D eigenvalue weighted by molar-refractivity contribution is 5.93. The number of carboxylic acids is 1. The van der Waals surface area contributed by atoms with Gasteiger partial charge in [0.2, 0.25) is 0 Å². The van der Waals surface area contributed by atoms with Crippen molar-refractivity contribution in [1.29, 1.82) is 0 Å². The molecular weight excluding hydrogens is 240 g/mol. The molecule has 0 bridgehead atoms. The van der Waals surface area contributed by atoms with Crippen LogP contribution in [-0.4, -0.2) is 21.7 Å². The van der Waals surface area contributed by atoms with Crippen LogP contribution < -0.4 is 5.32 Å². The lowest BCUT2D eigenvalue weighted by molar-refractivity contribution is 0.0697. The molecular formula is C15H18N2O2. The highest BCUT2D eigenvalue weighted by Crippen LogP contribution is 2.22. The molecule has 2 N–H and O–H groups in total. The molecule has 1 heterocycles. The Morgan fingerprint density at radius 1 is 1.42 bits per heavy atom. The number of nitrogens with zero attached hydrogens (tertiary/aromatic N) is 1. The van der Waals surface area contributed by atoms with Crippen LogP contribution >= 0.6 is 0 Å². The minimum Gasteiger partial charge on any atom is -0.478 e. The third-order valence-corrected chi connectivity index (χ3v) is 4.07. The van der Waals surface area contributed by atoms with Crippen molar-refractivity contribution in [2.75, 3.05) is 0 Å². The van der Waals surface area contributed by atoms with E-state index in [1.54, 1.807) is 12.1 Å². The summed E-state index contributed by atoms with van der Waals surface area (Å²) < 4.78 is 2.08. The van der Waals surface area contributed by atoms with Crippen LogP contribution in [0.3, 0.4) is 0 Å². The van der Waals surface area contributed by atoms with Gasteiger partial charge in [0.05, 0.1) is 5.56 Å². The van der Waals surface area contributed by atoms with E-state index in [1.807, 2.05) is 13.1 Å². The number of hydrogen-bond acceptors (Lipinski definition) is 2. The maximum Gasteiger partial charge on any atom is 0.335 e. The third-order valence-electron chi connectivity index (χ3n) is 4.07. The number of aromatic nitrogens is 1. The molecule has 2 aromatic rings. The van der Waals surface area contributed by atoms with E-state index in [9.17, 15) is 4.79 Å². The summed E-state index contributed by atoms with van der Waals surface area (Å²) in [5.74, 6) is -0.878. The van der Waals surface area contributed by atoms with Crippen LogP contribution in [0.15, 0.2) is 24.3 Å². The maximum absolute atomic E-state index is 11.0. The topological polar surface area (TPSA) is 54.3 Å². The molecule has 0 radical (unpaired) electrons. The fraction of sp³-hybridized carbons (Fsp3) is 0.400. The molecule has 0 amide bonds. The predicted octanol–water partition coefficient (Wildman–Crippen LogP) is 2.52. The van der Waals surface area contributed by atoms with Crippen molar-refractivity contribution in [3.63, 3.8) is 0 Å². The summed E-state index contributed by atoms with van der Waals surface area (Å²) in [6.45, 7) is 0.845. The molecule has 1 fully saturated rings. The molecule has 1 aromatic carbocycles. The molecule has 1 aliphatic carbocycles. The maximum atomic E-state index is 11.0. The molecule has 3 rings (SSSR count). The van der Waals surface area contributed by atoms with Crippen LogP contribution in [0.2, 0.25) is 0 Å². The number of rotatable bonds is 4. The molecule has 0 saturated heterocycles. The highest BCUT2D eigenvalue weighted by Gasteiger charge is 2.17. The molecule has 0 atom stereocenters. The lowest BCUT2D eigenvalue weighted by atomic mass is 9.93. The fourth-order valence-electron chi connectivity index (χ4n) is 2.55. The largest absolute Gasteiger partial charge is 0.478 e. The average Bonchev–Trinajstić information content (AvgIpc) is 2.64. The number of benzene rings is 1. The van der Waals surface area contributed by atoms with Crippen molar-refractivity contribution in [1.82, 2.24) is 9.88 Å². The second kappa shape index (κ2) is 4.70. The van der Waals surface area contributed by atoms with Gasteiger partial charge in [-0.1, -0.05) is 12.5 Å². The number of hydrogen-bond donors (Lipinski definition) is 2. The van der Waals surface area contributed by atoms with Gasteiger partial charge in [0.1, 0.15) is 0 Å². The van der Waals surface area contributed by atoms with Gasteiger partial charge in [0.15, 0.2) is 0 Å². The molecule has 19 heavy (non-hydrogen) atoms. The van der Waals surface area contributed by atoms with Gasteiger partial charge in [-0.25, -0.2) is 4.79 Å². The summed E-state index contributed by atoms with van der Waals surface area (Å²) in [6.07, 6.45) is 3.87. The molecule has 0 spiro atoms. The van der Waals surface area contributed by atoms with E-state index in [2.05, 4.69) is 16.0 Å². The Labute approximate surface area is 112 Å². The first kappa shape index (κ1) is 12.2. The number of carboxylic acid groups (broad SMARTS) is 1. The summed E-state index contributed by atoms with van der Waals surface area (Å²) in [5, 5.41) is 13.7. The predicted molar refractivity (Wildman–Crippen MR) is 74.4 cm³/mol. The summed E-state index contributed by atoms with van der Waals surface area (Å²) in [6, 6.07) is 8.07. The van der Waals surface area contributed by atoms with Crippen molar-refractivity contribution < 1.29 is 9.90 Å². The normalized spacial score (nSPS) is 15.6. The fourth-order valence-corrected chi connectivity index (χ4v) is 2.55. The Morgan fingerprint density at radius 2 is 2.21 bits per heavy atom. The Balaban J connectivity index is 1.88. The SMILES string of the molecule is Cn1c(CNC2CCC2)cc2ccc(C(=O)O)cc21. The number of nitrogens with one attached hydrogen (secondary N) is 1. The van der Waals surface area contributed by atoms with Crippen molar-refractivity contribution in [2.45, 2.75) is 31.8 Å². The third kappa shape index (κ3) is 2.24.